The van der Waals surface area contributed by atoms with Crippen molar-refractivity contribution in [2.75, 3.05) is 0 Å². The van der Waals surface area contributed by atoms with Gasteiger partial charge in [0.1, 0.15) is 13.4 Å². The fraction of sp³-hybridized carbons (Fsp3) is 0.486. The third-order valence-corrected chi connectivity index (χ3v) is 8.05. The van der Waals surface area contributed by atoms with Crippen LogP contribution < -0.4 is 0 Å². The smallest absolute Gasteiger partial charge is 0.133 e. The minimum Gasteiger partial charge on any atom is -0.251 e. The number of aromatic nitrogens is 1. The Kier molecular flexibility index (Phi) is 12.8. The Hall–Kier alpha value is -2.94. The van der Waals surface area contributed by atoms with Crippen molar-refractivity contribution in [1.82, 2.24) is 4.98 Å². The molecule has 0 spiro atoms. The number of pyridine rings is 1. The lowest BCUT2D eigenvalue weighted by Gasteiger charge is -2.16. The van der Waals surface area contributed by atoms with Crippen LogP contribution in [0.25, 0.3) is 0 Å². The Morgan fingerprint density at radius 2 is 1.00 bits per heavy atom. The second-order valence-electron chi connectivity index (χ2n) is 13.4. The molecule has 1 aromatic heterocycles. The van der Waals surface area contributed by atoms with E-state index in [-0.39, 0.29) is 0 Å². The van der Waals surface area contributed by atoms with E-state index in [2.05, 4.69) is 123 Å². The maximum absolute atomic E-state index is 5.25. The molecule has 0 amide bonds. The normalized spacial score (nSPS) is 12.4. The summed E-state index contributed by atoms with van der Waals surface area (Å²) in [6.45, 7) is 23.8. The molecular weight excluding hydrogens is 508 g/mol. The van der Waals surface area contributed by atoms with Gasteiger partial charge in [-0.3, -0.25) is 9.98 Å². The van der Waals surface area contributed by atoms with Crippen LogP contribution in [0.4, 0.5) is 11.4 Å². The van der Waals surface area contributed by atoms with Crippen molar-refractivity contribution in [3.05, 3.63) is 88.2 Å². The lowest BCUT2D eigenvalue weighted by Crippen LogP contribution is -2.06. The van der Waals surface area contributed by atoms with E-state index in [1.807, 2.05) is 0 Å². The van der Waals surface area contributed by atoms with Gasteiger partial charge in [-0.2, -0.15) is 0 Å². The predicted molar refractivity (Wildman–Crippen MR) is 190 cm³/mol. The van der Waals surface area contributed by atoms with Crippen LogP contribution in [0.15, 0.2) is 64.6 Å². The average Bonchev–Trinajstić information content (AvgIpc) is 2.93. The number of benzene rings is 2. The number of hydrogen-bond donors (Lipinski definition) is 0. The molecule has 0 unspecified atom stereocenters. The second-order valence-corrected chi connectivity index (χ2v) is 13.4. The largest absolute Gasteiger partial charge is 0.251 e. The number of aryl methyl sites for hydroxylation is 2. The van der Waals surface area contributed by atoms with Crippen molar-refractivity contribution in [2.45, 2.75) is 119 Å². The van der Waals surface area contributed by atoms with Crippen molar-refractivity contribution < 1.29 is 0 Å². The number of rotatable bonds is 14. The molecule has 0 radical (unpaired) electrons. The summed E-state index contributed by atoms with van der Waals surface area (Å²) in [5.41, 5.74) is 11.2. The SMILES string of the molecule is CB(C)CCCc1cccc(C(C)C)c1/N=C(\C)c1cccc(/C(C)=N/c2c(CCCB(C)C)cccc2C(C)C)n1. The van der Waals surface area contributed by atoms with Crippen molar-refractivity contribution >= 4 is 36.2 Å². The predicted octanol–water partition coefficient (Wildman–Crippen LogP) is 11.0. The molecular formula is C37H53B2N3. The molecule has 3 rings (SSSR count). The number of nitrogens with zero attached hydrogens (tertiary/aromatic N) is 3. The van der Waals surface area contributed by atoms with Gasteiger partial charge in [0.05, 0.1) is 34.2 Å². The summed E-state index contributed by atoms with van der Waals surface area (Å²) in [7, 11) is 0. The van der Waals surface area contributed by atoms with Crippen LogP contribution in [-0.4, -0.2) is 29.8 Å². The van der Waals surface area contributed by atoms with E-state index < -0.39 is 0 Å². The van der Waals surface area contributed by atoms with Gasteiger partial charge in [0.15, 0.2) is 0 Å². The molecule has 0 aliphatic carbocycles. The minimum absolute atomic E-state index is 0.408. The summed E-state index contributed by atoms with van der Waals surface area (Å²) in [4.78, 5) is 15.6. The average molecular weight is 561 g/mol. The van der Waals surface area contributed by atoms with E-state index in [4.69, 9.17) is 15.0 Å². The summed E-state index contributed by atoms with van der Waals surface area (Å²) in [5, 5.41) is 0. The molecule has 222 valence electrons. The summed E-state index contributed by atoms with van der Waals surface area (Å²) in [6, 6.07) is 19.6. The zero-order valence-corrected chi connectivity index (χ0v) is 28.1. The van der Waals surface area contributed by atoms with Crippen LogP contribution in [0.2, 0.25) is 39.9 Å². The van der Waals surface area contributed by atoms with E-state index in [1.165, 1.54) is 47.7 Å². The maximum Gasteiger partial charge on any atom is 0.133 e. The Balaban J connectivity index is 1.99. The highest BCUT2D eigenvalue weighted by molar-refractivity contribution is 6.55. The van der Waals surface area contributed by atoms with Crippen molar-refractivity contribution in [1.29, 1.82) is 0 Å². The van der Waals surface area contributed by atoms with Crippen LogP contribution >= 0.6 is 0 Å². The van der Waals surface area contributed by atoms with Gasteiger partial charge in [0.2, 0.25) is 0 Å². The van der Waals surface area contributed by atoms with E-state index >= 15 is 0 Å². The summed E-state index contributed by atoms with van der Waals surface area (Å²) in [5.74, 6) is 0.817. The third kappa shape index (κ3) is 9.54. The van der Waals surface area contributed by atoms with Crippen LogP contribution in [0.5, 0.6) is 0 Å². The number of para-hydroxylation sites is 2. The first-order valence-corrected chi connectivity index (χ1v) is 16.3. The first-order chi connectivity index (χ1) is 20.0. The highest BCUT2D eigenvalue weighted by atomic mass is 14.8. The molecule has 0 aliphatic heterocycles. The Morgan fingerprint density at radius 1 is 0.619 bits per heavy atom. The highest BCUT2D eigenvalue weighted by Crippen LogP contribution is 2.34. The van der Waals surface area contributed by atoms with Crippen LogP contribution in [0.3, 0.4) is 0 Å². The van der Waals surface area contributed by atoms with Gasteiger partial charge in [-0.15, -0.1) is 0 Å². The lowest BCUT2D eigenvalue weighted by atomic mass is 9.51. The molecule has 42 heavy (non-hydrogen) atoms. The summed E-state index contributed by atoms with van der Waals surface area (Å²) >= 11 is 0. The van der Waals surface area contributed by atoms with E-state index in [0.29, 0.717) is 25.3 Å². The standard InChI is InChI=1S/C37H53B2N3/c1-26(2)32-20-11-16-30(18-14-24-38(7)8)36(32)40-28(5)34-22-13-23-35(42-34)29(6)41-37-31(19-15-25-39(9)10)17-12-21-33(37)27(3)4/h11-13,16-17,20-23,26-27H,14-15,18-19,24-25H2,1-10H3/b40-28+,41-29+. The van der Waals surface area contributed by atoms with Crippen LogP contribution in [0.1, 0.15) is 99.9 Å². The number of aliphatic imine (C=N–C) groups is 2. The molecule has 0 N–H and O–H groups in total. The fourth-order valence-corrected chi connectivity index (χ4v) is 5.52. The topological polar surface area (TPSA) is 37.6 Å². The van der Waals surface area contributed by atoms with Gasteiger partial charge in [-0.05, 0) is 72.9 Å². The molecule has 0 bridgehead atoms. The Bertz CT molecular complexity index is 1270. The molecule has 0 aliphatic rings. The zero-order chi connectivity index (χ0) is 30.8. The zero-order valence-electron chi connectivity index (χ0n) is 28.1. The van der Waals surface area contributed by atoms with E-state index in [0.717, 1.165) is 47.0 Å². The van der Waals surface area contributed by atoms with E-state index in [9.17, 15) is 0 Å². The molecule has 0 saturated heterocycles. The molecule has 2 aromatic carbocycles. The first kappa shape index (κ1) is 33.6. The second kappa shape index (κ2) is 16.1. The summed E-state index contributed by atoms with van der Waals surface area (Å²) in [6.07, 6.45) is 6.94. The lowest BCUT2D eigenvalue weighted by molar-refractivity contribution is 0.852. The van der Waals surface area contributed by atoms with Crippen LogP contribution in [-0.2, 0) is 12.8 Å². The van der Waals surface area contributed by atoms with Gasteiger partial charge < -0.3 is 0 Å². The van der Waals surface area contributed by atoms with Gasteiger partial charge in [-0.1, -0.05) is 123 Å². The molecule has 1 heterocycles. The first-order valence-electron chi connectivity index (χ1n) is 16.3. The van der Waals surface area contributed by atoms with Crippen molar-refractivity contribution in [3.8, 4) is 0 Å². The monoisotopic (exact) mass is 561 g/mol. The molecule has 3 aromatic rings. The molecule has 5 heteroatoms. The van der Waals surface area contributed by atoms with Gasteiger partial charge in [0.25, 0.3) is 0 Å². The van der Waals surface area contributed by atoms with Crippen molar-refractivity contribution in [3.63, 3.8) is 0 Å². The Labute approximate surface area is 258 Å². The van der Waals surface area contributed by atoms with E-state index in [1.54, 1.807) is 0 Å². The van der Waals surface area contributed by atoms with Crippen molar-refractivity contribution in [2.24, 2.45) is 9.98 Å². The molecule has 0 atom stereocenters. The fourth-order valence-electron chi connectivity index (χ4n) is 5.52. The molecule has 0 saturated carbocycles. The molecule has 0 fully saturated rings. The highest BCUT2D eigenvalue weighted by Gasteiger charge is 2.15. The molecule has 3 nitrogen and oxygen atoms in total. The maximum atomic E-state index is 5.25. The minimum atomic E-state index is 0.408. The quantitative estimate of drug-likeness (QED) is 0.143. The Morgan fingerprint density at radius 3 is 1.36 bits per heavy atom. The summed E-state index contributed by atoms with van der Waals surface area (Å²) < 4.78 is 0. The van der Waals surface area contributed by atoms with Gasteiger partial charge in [-0.25, -0.2) is 4.98 Å². The third-order valence-electron chi connectivity index (χ3n) is 8.05. The number of hydrogen-bond acceptors (Lipinski definition) is 3. The van der Waals surface area contributed by atoms with Crippen LogP contribution in [0, 0.1) is 0 Å². The van der Waals surface area contributed by atoms with Gasteiger partial charge >= 0.3 is 0 Å². The van der Waals surface area contributed by atoms with Gasteiger partial charge in [0, 0.05) is 0 Å².